The molecule has 3 rings (SSSR count). The molecule has 6 heteroatoms. The number of fused-ring (bicyclic) bond motifs is 1. The Labute approximate surface area is 159 Å². The molecule has 0 radical (unpaired) electrons. The molecule has 0 atom stereocenters. The summed E-state index contributed by atoms with van der Waals surface area (Å²) in [5.74, 6) is 2.02. The van der Waals surface area contributed by atoms with Crippen molar-refractivity contribution in [3.63, 3.8) is 0 Å². The zero-order valence-electron chi connectivity index (χ0n) is 13.8. The van der Waals surface area contributed by atoms with Crippen LogP contribution in [0.4, 0.5) is 5.69 Å². The van der Waals surface area contributed by atoms with Crippen molar-refractivity contribution in [2.24, 2.45) is 10.7 Å². The smallest absolute Gasteiger partial charge is 0.231 e. The molecule has 3 N–H and O–H groups in total. The van der Waals surface area contributed by atoms with Gasteiger partial charge in [0.05, 0.1) is 0 Å². The van der Waals surface area contributed by atoms with Gasteiger partial charge in [-0.25, -0.2) is 0 Å². The van der Waals surface area contributed by atoms with E-state index in [1.54, 1.807) is 0 Å². The van der Waals surface area contributed by atoms with Gasteiger partial charge in [0.25, 0.3) is 0 Å². The van der Waals surface area contributed by atoms with E-state index in [0.717, 1.165) is 29.2 Å². The molecule has 1 aliphatic heterocycles. The lowest BCUT2D eigenvalue weighted by atomic mass is 10.1. The summed E-state index contributed by atoms with van der Waals surface area (Å²) in [4.78, 5) is 4.38. The van der Waals surface area contributed by atoms with Gasteiger partial charge in [-0.05, 0) is 61.2 Å². The summed E-state index contributed by atoms with van der Waals surface area (Å²) in [6.45, 7) is 5.03. The summed E-state index contributed by atoms with van der Waals surface area (Å²) in [6, 6.07) is 12.2. The van der Waals surface area contributed by atoms with Crippen molar-refractivity contribution in [1.82, 2.24) is 0 Å². The fraction of sp³-hybridized carbons (Fsp3) is 0.278. The van der Waals surface area contributed by atoms with Crippen LogP contribution in [0.1, 0.15) is 16.7 Å². The van der Waals surface area contributed by atoms with Gasteiger partial charge in [-0.15, -0.1) is 24.0 Å². The Hall–Kier alpha value is -1.96. The summed E-state index contributed by atoms with van der Waals surface area (Å²) < 4.78 is 10.7. The van der Waals surface area contributed by atoms with Gasteiger partial charge in [0.1, 0.15) is 0 Å². The number of nitrogens with zero attached hydrogens (tertiary/aromatic N) is 1. The van der Waals surface area contributed by atoms with Gasteiger partial charge in [-0.1, -0.05) is 12.1 Å². The van der Waals surface area contributed by atoms with Gasteiger partial charge in [0.2, 0.25) is 6.79 Å². The minimum absolute atomic E-state index is 0. The Morgan fingerprint density at radius 2 is 1.79 bits per heavy atom. The Balaban J connectivity index is 0.00000208. The first kappa shape index (κ1) is 18.4. The van der Waals surface area contributed by atoms with Crippen LogP contribution in [-0.2, 0) is 6.42 Å². The van der Waals surface area contributed by atoms with E-state index in [4.69, 9.17) is 15.2 Å². The third-order valence-electron chi connectivity index (χ3n) is 3.61. The maximum Gasteiger partial charge on any atom is 0.231 e. The van der Waals surface area contributed by atoms with Gasteiger partial charge in [0, 0.05) is 12.2 Å². The molecule has 0 unspecified atom stereocenters. The van der Waals surface area contributed by atoms with Gasteiger partial charge >= 0.3 is 0 Å². The third kappa shape index (κ3) is 4.77. The molecule has 0 amide bonds. The van der Waals surface area contributed by atoms with Crippen molar-refractivity contribution in [1.29, 1.82) is 0 Å². The fourth-order valence-corrected chi connectivity index (χ4v) is 2.64. The van der Waals surface area contributed by atoms with Crippen molar-refractivity contribution < 1.29 is 9.47 Å². The van der Waals surface area contributed by atoms with Gasteiger partial charge < -0.3 is 20.5 Å². The number of aryl methyl sites for hydroxylation is 2. The molecule has 24 heavy (non-hydrogen) atoms. The highest BCUT2D eigenvalue weighted by molar-refractivity contribution is 14.0. The maximum atomic E-state index is 5.95. The number of anilines is 1. The van der Waals surface area contributed by atoms with E-state index in [1.165, 1.54) is 11.1 Å². The number of guanidine groups is 1. The van der Waals surface area contributed by atoms with E-state index in [1.807, 2.05) is 30.3 Å². The second-order valence-electron chi connectivity index (χ2n) is 5.71. The van der Waals surface area contributed by atoms with E-state index in [0.29, 0.717) is 19.3 Å². The lowest BCUT2D eigenvalue weighted by Crippen LogP contribution is -2.23. The molecule has 1 aliphatic rings. The molecule has 0 saturated carbocycles. The van der Waals surface area contributed by atoms with Crippen molar-refractivity contribution in [2.75, 3.05) is 18.7 Å². The molecular formula is C18H22IN3O2. The molecule has 2 aromatic rings. The highest BCUT2D eigenvalue weighted by atomic mass is 127. The van der Waals surface area contributed by atoms with Crippen molar-refractivity contribution in [2.45, 2.75) is 20.3 Å². The van der Waals surface area contributed by atoms with Crippen LogP contribution in [0.25, 0.3) is 0 Å². The lowest BCUT2D eigenvalue weighted by Gasteiger charge is -2.08. The van der Waals surface area contributed by atoms with Crippen LogP contribution in [-0.4, -0.2) is 19.3 Å². The predicted octanol–water partition coefficient (Wildman–Crippen LogP) is 3.62. The monoisotopic (exact) mass is 439 g/mol. The minimum Gasteiger partial charge on any atom is -0.454 e. The molecular weight excluding hydrogens is 417 g/mol. The third-order valence-corrected chi connectivity index (χ3v) is 3.61. The molecule has 128 valence electrons. The second kappa shape index (κ2) is 8.23. The summed E-state index contributed by atoms with van der Waals surface area (Å²) in [5.41, 5.74) is 10.5. The lowest BCUT2D eigenvalue weighted by molar-refractivity contribution is 0.174. The molecule has 0 fully saturated rings. The van der Waals surface area contributed by atoms with Crippen LogP contribution in [0.3, 0.4) is 0 Å². The van der Waals surface area contributed by atoms with Crippen LogP contribution < -0.4 is 20.5 Å². The average molecular weight is 439 g/mol. The van der Waals surface area contributed by atoms with Crippen LogP contribution >= 0.6 is 24.0 Å². The zero-order valence-corrected chi connectivity index (χ0v) is 16.2. The largest absolute Gasteiger partial charge is 0.454 e. The van der Waals surface area contributed by atoms with Crippen LogP contribution in [0.5, 0.6) is 11.5 Å². The van der Waals surface area contributed by atoms with Crippen LogP contribution in [0, 0.1) is 13.8 Å². The molecule has 0 saturated heterocycles. The van der Waals surface area contributed by atoms with Gasteiger partial charge in [-0.2, -0.15) is 0 Å². The fourth-order valence-electron chi connectivity index (χ4n) is 2.64. The van der Waals surface area contributed by atoms with Crippen LogP contribution in [0.2, 0.25) is 0 Å². The van der Waals surface area contributed by atoms with Crippen molar-refractivity contribution in [3.05, 3.63) is 53.1 Å². The Kier molecular flexibility index (Phi) is 6.30. The number of nitrogens with two attached hydrogens (primary N) is 1. The summed E-state index contributed by atoms with van der Waals surface area (Å²) in [7, 11) is 0. The van der Waals surface area contributed by atoms with Gasteiger partial charge in [-0.3, -0.25) is 4.99 Å². The normalized spacial score (nSPS) is 12.7. The molecule has 5 nitrogen and oxygen atoms in total. The van der Waals surface area contributed by atoms with Gasteiger partial charge in [0.15, 0.2) is 17.5 Å². The highest BCUT2D eigenvalue weighted by Gasteiger charge is 2.12. The summed E-state index contributed by atoms with van der Waals surface area (Å²) in [5, 5.41) is 3.13. The Morgan fingerprint density at radius 1 is 1.08 bits per heavy atom. The van der Waals surface area contributed by atoms with Crippen molar-refractivity contribution >= 4 is 35.6 Å². The van der Waals surface area contributed by atoms with Crippen molar-refractivity contribution in [3.8, 4) is 11.5 Å². The average Bonchev–Trinajstić information content (AvgIpc) is 2.93. The highest BCUT2D eigenvalue weighted by Crippen LogP contribution is 2.32. The minimum atomic E-state index is 0. The molecule has 1 heterocycles. The SMILES string of the molecule is Cc1cc(C)cc(NC(N)=NCCc2ccc3c(c2)OCO3)c1.I. The second-order valence-corrected chi connectivity index (χ2v) is 5.71. The number of aliphatic imine (C=N–C) groups is 1. The summed E-state index contributed by atoms with van der Waals surface area (Å²) in [6.07, 6.45) is 0.797. The quantitative estimate of drug-likeness (QED) is 0.434. The maximum absolute atomic E-state index is 5.95. The van der Waals surface area contributed by atoms with Crippen LogP contribution in [0.15, 0.2) is 41.4 Å². The first-order chi connectivity index (χ1) is 11.1. The zero-order chi connectivity index (χ0) is 16.2. The number of ether oxygens (including phenoxy) is 2. The topological polar surface area (TPSA) is 68.9 Å². The number of rotatable bonds is 4. The number of benzene rings is 2. The molecule has 0 aliphatic carbocycles. The number of hydrogen-bond acceptors (Lipinski definition) is 3. The van der Waals surface area contributed by atoms with E-state index in [2.05, 4.69) is 30.2 Å². The molecule has 0 bridgehead atoms. The standard InChI is InChI=1S/C18H21N3O2.HI/c1-12-7-13(2)9-15(8-12)21-18(19)20-6-5-14-3-4-16-17(10-14)23-11-22-16;/h3-4,7-10H,5-6,11H2,1-2H3,(H3,19,20,21);1H. The Bertz CT molecular complexity index is 727. The van der Waals surface area contributed by atoms with E-state index in [9.17, 15) is 0 Å². The van der Waals surface area contributed by atoms with E-state index in [-0.39, 0.29) is 24.0 Å². The predicted molar refractivity (Wildman–Crippen MR) is 108 cm³/mol. The molecule has 2 aromatic carbocycles. The molecule has 0 spiro atoms. The molecule has 0 aromatic heterocycles. The number of hydrogen-bond donors (Lipinski definition) is 2. The summed E-state index contributed by atoms with van der Waals surface area (Å²) >= 11 is 0. The first-order valence-corrected chi connectivity index (χ1v) is 7.64. The first-order valence-electron chi connectivity index (χ1n) is 7.64. The number of halogens is 1. The Morgan fingerprint density at radius 3 is 2.54 bits per heavy atom. The number of nitrogens with one attached hydrogen (secondary N) is 1. The van der Waals surface area contributed by atoms with E-state index >= 15 is 0 Å². The van der Waals surface area contributed by atoms with E-state index < -0.39 is 0 Å².